The molecule has 0 spiro atoms. The van der Waals surface area contributed by atoms with Crippen LogP contribution in [0.5, 0.6) is 0 Å². The summed E-state index contributed by atoms with van der Waals surface area (Å²) in [6.45, 7) is 2.55. The van der Waals surface area contributed by atoms with Crippen LogP contribution in [0.2, 0.25) is 4.34 Å². The fourth-order valence-corrected chi connectivity index (χ4v) is 2.84. The van der Waals surface area contributed by atoms with Crippen molar-refractivity contribution in [3.63, 3.8) is 0 Å². The van der Waals surface area contributed by atoms with Gasteiger partial charge < -0.3 is 5.32 Å². The molecule has 0 bridgehead atoms. The van der Waals surface area contributed by atoms with E-state index in [0.717, 1.165) is 21.2 Å². The molecular formula is C13H13ClN2O2S. The second-order valence-electron chi connectivity index (χ2n) is 4.16. The minimum absolute atomic E-state index is 0.106. The Kier molecular flexibility index (Phi) is 4.39. The number of nitrogens with zero attached hydrogens (tertiary/aromatic N) is 1. The molecule has 2 rings (SSSR count). The maximum absolute atomic E-state index is 10.9. The van der Waals surface area contributed by atoms with Crippen molar-refractivity contribution in [3.8, 4) is 0 Å². The van der Waals surface area contributed by atoms with E-state index in [0.29, 0.717) is 12.2 Å². The number of thiophene rings is 1. The Morgan fingerprint density at radius 2 is 2.16 bits per heavy atom. The molecule has 4 nitrogen and oxygen atoms in total. The topological polar surface area (TPSA) is 55.2 Å². The highest BCUT2D eigenvalue weighted by Crippen LogP contribution is 2.26. The van der Waals surface area contributed by atoms with Crippen LogP contribution in [-0.2, 0) is 6.42 Å². The second-order valence-corrected chi connectivity index (χ2v) is 5.96. The fourth-order valence-electron chi connectivity index (χ4n) is 1.76. The van der Waals surface area contributed by atoms with E-state index in [1.165, 1.54) is 17.4 Å². The number of nitrogens with one attached hydrogen (secondary N) is 1. The number of rotatable bonds is 5. The van der Waals surface area contributed by atoms with E-state index < -0.39 is 0 Å². The van der Waals surface area contributed by atoms with Gasteiger partial charge in [0.2, 0.25) is 0 Å². The van der Waals surface area contributed by atoms with Crippen LogP contribution in [0.3, 0.4) is 0 Å². The zero-order valence-electron chi connectivity index (χ0n) is 10.4. The highest BCUT2D eigenvalue weighted by Gasteiger charge is 2.12. The van der Waals surface area contributed by atoms with E-state index in [2.05, 4.69) is 5.32 Å². The van der Waals surface area contributed by atoms with Crippen LogP contribution in [-0.4, -0.2) is 11.5 Å². The van der Waals surface area contributed by atoms with Crippen molar-refractivity contribution in [2.45, 2.75) is 13.3 Å². The summed E-state index contributed by atoms with van der Waals surface area (Å²) in [7, 11) is 0. The van der Waals surface area contributed by atoms with Crippen molar-refractivity contribution < 1.29 is 4.92 Å². The summed E-state index contributed by atoms with van der Waals surface area (Å²) in [5.74, 6) is 0. The van der Waals surface area contributed by atoms with E-state index >= 15 is 0 Å². The first-order valence-electron chi connectivity index (χ1n) is 5.79. The molecule has 1 N–H and O–H groups in total. The molecule has 0 aliphatic carbocycles. The van der Waals surface area contributed by atoms with Crippen LogP contribution in [0.4, 0.5) is 11.4 Å². The first-order valence-corrected chi connectivity index (χ1v) is 6.99. The largest absolute Gasteiger partial charge is 0.379 e. The zero-order valence-corrected chi connectivity index (χ0v) is 11.9. The standard InChI is InChI=1S/C13H13ClN2O2S/c1-9-2-4-12(16(17)18)11(8-9)15-7-6-10-3-5-13(14)19-10/h2-5,8,15H,6-7H2,1H3. The van der Waals surface area contributed by atoms with E-state index in [4.69, 9.17) is 11.6 Å². The van der Waals surface area contributed by atoms with Gasteiger partial charge in [0.15, 0.2) is 0 Å². The lowest BCUT2D eigenvalue weighted by Gasteiger charge is -2.07. The predicted molar refractivity (Wildman–Crippen MR) is 79.4 cm³/mol. The number of halogens is 1. The number of anilines is 1. The molecule has 0 aliphatic rings. The maximum atomic E-state index is 10.9. The quantitative estimate of drug-likeness (QED) is 0.662. The lowest BCUT2D eigenvalue weighted by molar-refractivity contribution is -0.384. The third-order valence-corrected chi connectivity index (χ3v) is 3.96. The van der Waals surface area contributed by atoms with E-state index in [1.54, 1.807) is 12.1 Å². The first-order chi connectivity index (χ1) is 9.06. The zero-order chi connectivity index (χ0) is 13.8. The van der Waals surface area contributed by atoms with Gasteiger partial charge in [-0.15, -0.1) is 11.3 Å². The molecule has 19 heavy (non-hydrogen) atoms. The van der Waals surface area contributed by atoms with Gasteiger partial charge in [0.1, 0.15) is 5.69 Å². The first kappa shape index (κ1) is 13.8. The van der Waals surface area contributed by atoms with Gasteiger partial charge in [0.05, 0.1) is 9.26 Å². The van der Waals surface area contributed by atoms with Crippen LogP contribution in [0.1, 0.15) is 10.4 Å². The third kappa shape index (κ3) is 3.68. The Hall–Kier alpha value is -1.59. The van der Waals surface area contributed by atoms with Gasteiger partial charge in [-0.2, -0.15) is 0 Å². The molecular weight excluding hydrogens is 284 g/mol. The van der Waals surface area contributed by atoms with Crippen LogP contribution >= 0.6 is 22.9 Å². The summed E-state index contributed by atoms with van der Waals surface area (Å²) in [6, 6.07) is 8.89. The summed E-state index contributed by atoms with van der Waals surface area (Å²) in [5, 5.41) is 14.0. The molecule has 0 fully saturated rings. The Balaban J connectivity index is 2.02. The number of hydrogen-bond donors (Lipinski definition) is 1. The fraction of sp³-hybridized carbons (Fsp3) is 0.231. The number of hydrogen-bond acceptors (Lipinski definition) is 4. The number of aryl methyl sites for hydroxylation is 1. The second kappa shape index (κ2) is 6.04. The Morgan fingerprint density at radius 3 is 2.79 bits per heavy atom. The van der Waals surface area contributed by atoms with Crippen molar-refractivity contribution in [1.82, 2.24) is 0 Å². The van der Waals surface area contributed by atoms with Crippen LogP contribution in [0.15, 0.2) is 30.3 Å². The monoisotopic (exact) mass is 296 g/mol. The van der Waals surface area contributed by atoms with Crippen molar-refractivity contribution >= 4 is 34.3 Å². The van der Waals surface area contributed by atoms with Gasteiger partial charge in [-0.05, 0) is 37.1 Å². The summed E-state index contributed by atoms with van der Waals surface area (Å²) in [5.41, 5.74) is 1.66. The summed E-state index contributed by atoms with van der Waals surface area (Å²) in [4.78, 5) is 11.7. The van der Waals surface area contributed by atoms with Crippen LogP contribution in [0, 0.1) is 17.0 Å². The molecule has 0 saturated heterocycles. The van der Waals surface area contributed by atoms with E-state index in [1.807, 2.05) is 19.1 Å². The van der Waals surface area contributed by atoms with Crippen molar-refractivity contribution in [1.29, 1.82) is 0 Å². The van der Waals surface area contributed by atoms with Crippen LogP contribution in [0.25, 0.3) is 0 Å². The molecule has 6 heteroatoms. The van der Waals surface area contributed by atoms with Gasteiger partial charge in [0, 0.05) is 17.5 Å². The Labute approximate surface area is 120 Å². The maximum Gasteiger partial charge on any atom is 0.292 e. The summed E-state index contributed by atoms with van der Waals surface area (Å²) in [6.07, 6.45) is 0.794. The predicted octanol–water partition coefficient (Wildman–Crippen LogP) is 4.27. The average molecular weight is 297 g/mol. The molecule has 0 amide bonds. The Morgan fingerprint density at radius 1 is 1.37 bits per heavy atom. The van der Waals surface area contributed by atoms with Crippen molar-refractivity contribution in [2.75, 3.05) is 11.9 Å². The smallest absolute Gasteiger partial charge is 0.292 e. The van der Waals surface area contributed by atoms with E-state index in [9.17, 15) is 10.1 Å². The number of nitro groups is 1. The normalized spacial score (nSPS) is 10.4. The van der Waals surface area contributed by atoms with Gasteiger partial charge >= 0.3 is 0 Å². The lowest BCUT2D eigenvalue weighted by atomic mass is 10.2. The SMILES string of the molecule is Cc1ccc([N+](=O)[O-])c(NCCc2ccc(Cl)s2)c1. The van der Waals surface area contributed by atoms with Gasteiger partial charge in [-0.1, -0.05) is 17.7 Å². The number of nitro benzene ring substituents is 1. The van der Waals surface area contributed by atoms with Crippen LogP contribution < -0.4 is 5.32 Å². The molecule has 1 aromatic carbocycles. The number of benzene rings is 1. The highest BCUT2D eigenvalue weighted by molar-refractivity contribution is 7.16. The molecule has 100 valence electrons. The molecule has 1 heterocycles. The average Bonchev–Trinajstić information content (AvgIpc) is 2.75. The highest BCUT2D eigenvalue weighted by atomic mass is 35.5. The van der Waals surface area contributed by atoms with Gasteiger partial charge in [-0.3, -0.25) is 10.1 Å². The molecule has 0 radical (unpaired) electrons. The van der Waals surface area contributed by atoms with Crippen molar-refractivity contribution in [2.24, 2.45) is 0 Å². The molecule has 0 aliphatic heterocycles. The molecule has 2 aromatic rings. The van der Waals surface area contributed by atoms with E-state index in [-0.39, 0.29) is 10.6 Å². The summed E-state index contributed by atoms with van der Waals surface area (Å²) < 4.78 is 0.761. The third-order valence-electron chi connectivity index (χ3n) is 2.66. The Bertz CT molecular complexity index is 598. The lowest BCUT2D eigenvalue weighted by Crippen LogP contribution is -2.06. The van der Waals surface area contributed by atoms with Gasteiger partial charge in [0.25, 0.3) is 5.69 Å². The minimum Gasteiger partial charge on any atom is -0.379 e. The molecule has 0 unspecified atom stereocenters. The minimum atomic E-state index is -0.371. The molecule has 1 aromatic heterocycles. The summed E-state index contributed by atoms with van der Waals surface area (Å²) >= 11 is 7.38. The molecule has 0 saturated carbocycles. The van der Waals surface area contributed by atoms with Gasteiger partial charge in [-0.25, -0.2) is 0 Å². The molecule has 0 atom stereocenters. The van der Waals surface area contributed by atoms with Crippen molar-refractivity contribution in [3.05, 3.63) is 55.2 Å².